The molecule has 0 N–H and O–H groups in total. The van der Waals surface area contributed by atoms with Crippen molar-refractivity contribution in [2.45, 2.75) is 47.1 Å². The third-order valence-corrected chi connectivity index (χ3v) is 9.70. The molecule has 0 atom stereocenters. The summed E-state index contributed by atoms with van der Waals surface area (Å²) in [5, 5.41) is 9.93. The number of pyridine rings is 1. The molecule has 0 saturated carbocycles. The SMILES string of the molecule is CCOC(=O)C1CCN(c2c(/C=C3\SC(=S)N(c4c(C)n(C)n(-c5ccccc5)c4=O)C3=O)c(C)c(C#N)c(=O)n2CC)CC1. The van der Waals surface area contributed by atoms with Gasteiger partial charge in [0, 0.05) is 32.2 Å². The van der Waals surface area contributed by atoms with Gasteiger partial charge < -0.3 is 9.64 Å². The van der Waals surface area contributed by atoms with Crippen molar-refractivity contribution in [1.29, 1.82) is 5.26 Å². The molecule has 0 unspecified atom stereocenters. The number of amides is 1. The number of aromatic nitrogens is 3. The van der Waals surface area contributed by atoms with E-state index in [0.29, 0.717) is 67.4 Å². The number of esters is 1. The van der Waals surface area contributed by atoms with Gasteiger partial charge in [-0.1, -0.05) is 42.2 Å². The topological polar surface area (TPSA) is 123 Å². The summed E-state index contributed by atoms with van der Waals surface area (Å²) in [6.07, 6.45) is 2.75. The van der Waals surface area contributed by atoms with E-state index in [4.69, 9.17) is 17.0 Å². The number of thiocarbonyl (C=S) groups is 1. The molecule has 2 aromatic heterocycles. The fourth-order valence-electron chi connectivity index (χ4n) is 5.97. The highest BCUT2D eigenvalue weighted by Crippen LogP contribution is 2.39. The summed E-state index contributed by atoms with van der Waals surface area (Å²) < 4.78 is 10.2. The Labute approximate surface area is 270 Å². The first-order valence-corrected chi connectivity index (χ1v) is 16.0. The minimum absolute atomic E-state index is 0.00612. The van der Waals surface area contributed by atoms with Crippen LogP contribution < -0.4 is 20.9 Å². The van der Waals surface area contributed by atoms with E-state index in [0.717, 1.165) is 11.8 Å². The molecule has 1 amide bonds. The van der Waals surface area contributed by atoms with Gasteiger partial charge in [0.15, 0.2) is 4.32 Å². The number of para-hydroxylation sites is 1. The lowest BCUT2D eigenvalue weighted by atomic mass is 9.95. The van der Waals surface area contributed by atoms with Crippen LogP contribution in [0.2, 0.25) is 0 Å². The largest absolute Gasteiger partial charge is 0.466 e. The molecule has 0 radical (unpaired) electrons. The zero-order valence-electron chi connectivity index (χ0n) is 25.8. The number of nitrogens with zero attached hydrogens (tertiary/aromatic N) is 6. The van der Waals surface area contributed by atoms with Crippen LogP contribution in [0.15, 0.2) is 44.8 Å². The Balaban J connectivity index is 1.59. The average molecular weight is 647 g/mol. The first kappa shape index (κ1) is 32.0. The molecule has 2 fully saturated rings. The van der Waals surface area contributed by atoms with Crippen LogP contribution in [0, 0.1) is 31.1 Å². The Hall–Kier alpha value is -4.41. The molecule has 5 rings (SSSR count). The van der Waals surface area contributed by atoms with Gasteiger partial charge in [-0.15, -0.1) is 0 Å². The molecule has 0 bridgehead atoms. The molecule has 1 aromatic carbocycles. The van der Waals surface area contributed by atoms with E-state index in [1.54, 1.807) is 43.1 Å². The van der Waals surface area contributed by atoms with Gasteiger partial charge in [0.05, 0.1) is 28.8 Å². The molecular formula is C32H34N6O5S2. The van der Waals surface area contributed by atoms with Crippen molar-refractivity contribution < 1.29 is 14.3 Å². The van der Waals surface area contributed by atoms with Crippen molar-refractivity contribution in [3.05, 3.63) is 78.3 Å². The molecule has 3 aromatic rings. The number of piperidine rings is 1. The maximum Gasteiger partial charge on any atom is 0.309 e. The molecule has 2 aliphatic heterocycles. The fourth-order valence-corrected chi connectivity index (χ4v) is 7.22. The predicted molar refractivity (Wildman–Crippen MR) is 179 cm³/mol. The van der Waals surface area contributed by atoms with Crippen molar-refractivity contribution in [3.63, 3.8) is 0 Å². The summed E-state index contributed by atoms with van der Waals surface area (Å²) in [4.78, 5) is 57.1. The molecule has 45 heavy (non-hydrogen) atoms. The van der Waals surface area contributed by atoms with Gasteiger partial charge in [0.2, 0.25) is 0 Å². The Morgan fingerprint density at radius 2 is 1.78 bits per heavy atom. The van der Waals surface area contributed by atoms with E-state index in [-0.39, 0.29) is 37.9 Å². The highest BCUT2D eigenvalue weighted by molar-refractivity contribution is 8.27. The Kier molecular flexibility index (Phi) is 9.18. The molecule has 11 nitrogen and oxygen atoms in total. The number of carbonyl (C=O) groups excluding carboxylic acids is 2. The summed E-state index contributed by atoms with van der Waals surface area (Å²) in [7, 11) is 1.75. The van der Waals surface area contributed by atoms with Gasteiger partial charge in [-0.05, 0) is 64.3 Å². The number of benzene rings is 1. The van der Waals surface area contributed by atoms with Crippen LogP contribution in [0.1, 0.15) is 49.1 Å². The van der Waals surface area contributed by atoms with E-state index < -0.39 is 11.5 Å². The highest BCUT2D eigenvalue weighted by atomic mass is 32.2. The van der Waals surface area contributed by atoms with Crippen molar-refractivity contribution in [1.82, 2.24) is 13.9 Å². The van der Waals surface area contributed by atoms with Gasteiger partial charge in [0.1, 0.15) is 23.1 Å². The molecule has 4 heterocycles. The van der Waals surface area contributed by atoms with Crippen molar-refractivity contribution in [2.24, 2.45) is 13.0 Å². The lowest BCUT2D eigenvalue weighted by Crippen LogP contribution is -2.41. The van der Waals surface area contributed by atoms with Crippen molar-refractivity contribution in [3.8, 4) is 11.8 Å². The number of ether oxygens (including phenoxy) is 1. The summed E-state index contributed by atoms with van der Waals surface area (Å²) >= 11 is 6.72. The van der Waals surface area contributed by atoms with Crippen LogP contribution in [0.4, 0.5) is 11.5 Å². The van der Waals surface area contributed by atoms with Gasteiger partial charge in [-0.2, -0.15) is 5.26 Å². The number of thioether (sulfide) groups is 1. The number of anilines is 2. The second kappa shape index (κ2) is 12.9. The molecule has 0 spiro atoms. The highest BCUT2D eigenvalue weighted by Gasteiger charge is 2.39. The standard InChI is InChI=1S/C32H34N6O5S2/c1-6-36-27(35-15-13-21(14-16-35)31(42)43-7-2)23(19(3)24(18-33)28(36)39)17-25-29(40)37(32(44)45-25)26-20(4)34(5)38(30(26)41)22-11-9-8-10-12-22/h8-12,17,21H,6-7,13-16H2,1-5H3/b25-17-. The second-order valence-corrected chi connectivity index (χ2v) is 12.5. The van der Waals surface area contributed by atoms with E-state index in [1.165, 1.54) is 9.58 Å². The molecule has 2 aliphatic rings. The molecule has 13 heteroatoms. The summed E-state index contributed by atoms with van der Waals surface area (Å²) in [6.45, 7) is 8.64. The van der Waals surface area contributed by atoms with Crippen molar-refractivity contribution in [2.75, 3.05) is 29.5 Å². The minimum Gasteiger partial charge on any atom is -0.466 e. The zero-order chi connectivity index (χ0) is 32.6. The maximum absolute atomic E-state index is 14.0. The first-order chi connectivity index (χ1) is 21.5. The third kappa shape index (κ3) is 5.53. The first-order valence-electron chi connectivity index (χ1n) is 14.8. The quantitative estimate of drug-likeness (QED) is 0.213. The molecule has 0 aliphatic carbocycles. The van der Waals surface area contributed by atoms with Crippen LogP contribution in [-0.4, -0.2) is 49.8 Å². The lowest BCUT2D eigenvalue weighted by Gasteiger charge is -2.35. The molecule has 234 valence electrons. The van der Waals surface area contributed by atoms with Crippen LogP contribution in [0.5, 0.6) is 0 Å². The number of rotatable bonds is 7. The van der Waals surface area contributed by atoms with Gasteiger partial charge in [-0.3, -0.25) is 33.3 Å². The van der Waals surface area contributed by atoms with Gasteiger partial charge in [0.25, 0.3) is 17.0 Å². The summed E-state index contributed by atoms with van der Waals surface area (Å²) in [6, 6.07) is 11.2. The summed E-state index contributed by atoms with van der Waals surface area (Å²) in [5.74, 6) is -0.354. The number of nitriles is 1. The monoisotopic (exact) mass is 646 g/mol. The Morgan fingerprint density at radius 3 is 2.38 bits per heavy atom. The van der Waals surface area contributed by atoms with E-state index in [1.807, 2.05) is 48.2 Å². The number of hydrogen-bond acceptors (Lipinski definition) is 9. The van der Waals surface area contributed by atoms with Crippen molar-refractivity contribution >= 4 is 57.8 Å². The van der Waals surface area contributed by atoms with E-state index >= 15 is 0 Å². The normalized spacial score (nSPS) is 16.5. The molecule has 2 saturated heterocycles. The summed E-state index contributed by atoms with van der Waals surface area (Å²) in [5.41, 5.74) is 1.58. The third-order valence-electron chi connectivity index (χ3n) is 8.39. The zero-order valence-corrected chi connectivity index (χ0v) is 27.5. The minimum atomic E-state index is -0.463. The average Bonchev–Trinajstić information content (AvgIpc) is 3.43. The van der Waals surface area contributed by atoms with Crippen LogP contribution in [-0.2, 0) is 27.9 Å². The Bertz CT molecular complexity index is 1890. The van der Waals surface area contributed by atoms with Crippen LogP contribution >= 0.6 is 24.0 Å². The predicted octanol–water partition coefficient (Wildman–Crippen LogP) is 4.03. The molecular weight excluding hydrogens is 613 g/mol. The maximum atomic E-state index is 14.0. The van der Waals surface area contributed by atoms with Crippen LogP contribution in [0.3, 0.4) is 0 Å². The van der Waals surface area contributed by atoms with E-state index in [9.17, 15) is 24.4 Å². The fraction of sp³-hybridized carbons (Fsp3) is 0.375. The van der Waals surface area contributed by atoms with E-state index in [2.05, 4.69) is 0 Å². The van der Waals surface area contributed by atoms with Gasteiger partial charge in [-0.25, -0.2) is 4.68 Å². The lowest BCUT2D eigenvalue weighted by molar-refractivity contribution is -0.148. The Morgan fingerprint density at radius 1 is 1.11 bits per heavy atom. The number of carbonyl (C=O) groups is 2. The van der Waals surface area contributed by atoms with Gasteiger partial charge >= 0.3 is 5.97 Å². The van der Waals surface area contributed by atoms with Crippen LogP contribution in [0.25, 0.3) is 11.8 Å². The smallest absolute Gasteiger partial charge is 0.309 e. The second-order valence-electron chi connectivity index (χ2n) is 10.8. The number of hydrogen-bond donors (Lipinski definition) is 0.